The fourth-order valence-electron chi connectivity index (χ4n) is 3.76. The first-order chi connectivity index (χ1) is 9.31. The van der Waals surface area contributed by atoms with Crippen molar-refractivity contribution in [3.63, 3.8) is 0 Å². The van der Waals surface area contributed by atoms with Gasteiger partial charge in [-0.3, -0.25) is 0 Å². The van der Waals surface area contributed by atoms with E-state index in [1.54, 1.807) is 0 Å². The second kappa shape index (κ2) is 5.54. The summed E-state index contributed by atoms with van der Waals surface area (Å²) in [6, 6.07) is 8.88. The maximum atomic E-state index is 8.92. The summed E-state index contributed by atoms with van der Waals surface area (Å²) in [7, 11) is 0. The summed E-state index contributed by atoms with van der Waals surface area (Å²) in [6.45, 7) is 2.81. The molecule has 19 heavy (non-hydrogen) atoms. The standard InChI is InChI=1S/C17H25NO/c19-11-5-7-15-6-4-8-16(12-15)18-13-17(14-18)9-2-1-3-10-17/h4,6,8,12,19H,1-3,5,7,9-11,13-14H2. The number of rotatable bonds is 4. The summed E-state index contributed by atoms with van der Waals surface area (Å²) in [5.74, 6) is 0. The zero-order valence-corrected chi connectivity index (χ0v) is 11.8. The van der Waals surface area contributed by atoms with Crippen LogP contribution >= 0.6 is 0 Å². The minimum atomic E-state index is 0.289. The van der Waals surface area contributed by atoms with Crippen molar-refractivity contribution < 1.29 is 5.11 Å². The monoisotopic (exact) mass is 259 g/mol. The molecule has 1 saturated carbocycles. The molecule has 1 aromatic rings. The lowest BCUT2D eigenvalue weighted by Gasteiger charge is -2.53. The summed E-state index contributed by atoms with van der Waals surface area (Å²) >= 11 is 0. The van der Waals surface area contributed by atoms with Crippen molar-refractivity contribution in [3.8, 4) is 0 Å². The molecular weight excluding hydrogens is 234 g/mol. The average Bonchev–Trinajstić information content (AvgIpc) is 2.43. The predicted octanol–water partition coefficient (Wildman–Crippen LogP) is 3.38. The first-order valence-corrected chi connectivity index (χ1v) is 7.76. The molecular formula is C17H25NO. The molecule has 2 nitrogen and oxygen atoms in total. The molecule has 1 aliphatic carbocycles. The van der Waals surface area contributed by atoms with Crippen LogP contribution in [0, 0.1) is 5.41 Å². The summed E-state index contributed by atoms with van der Waals surface area (Å²) in [5.41, 5.74) is 3.39. The molecule has 1 aromatic carbocycles. The molecule has 1 N–H and O–H groups in total. The Bertz CT molecular complexity index is 415. The van der Waals surface area contributed by atoms with Gasteiger partial charge in [0.05, 0.1) is 0 Å². The van der Waals surface area contributed by atoms with E-state index in [2.05, 4.69) is 29.2 Å². The molecule has 0 radical (unpaired) electrons. The second-order valence-corrected chi connectivity index (χ2v) is 6.41. The van der Waals surface area contributed by atoms with Gasteiger partial charge in [-0.05, 0) is 43.4 Å². The number of aliphatic hydroxyl groups excluding tert-OH is 1. The van der Waals surface area contributed by atoms with Crippen LogP contribution in [-0.4, -0.2) is 24.8 Å². The quantitative estimate of drug-likeness (QED) is 0.896. The van der Waals surface area contributed by atoms with Gasteiger partial charge in [0.1, 0.15) is 0 Å². The van der Waals surface area contributed by atoms with Gasteiger partial charge in [-0.15, -0.1) is 0 Å². The number of hydrogen-bond donors (Lipinski definition) is 1. The van der Waals surface area contributed by atoms with Crippen molar-refractivity contribution in [3.05, 3.63) is 29.8 Å². The molecule has 2 fully saturated rings. The number of benzene rings is 1. The molecule has 2 aliphatic rings. The van der Waals surface area contributed by atoms with E-state index in [1.807, 2.05) is 0 Å². The summed E-state index contributed by atoms with van der Waals surface area (Å²) < 4.78 is 0. The Hall–Kier alpha value is -1.02. The Morgan fingerprint density at radius 2 is 1.89 bits per heavy atom. The van der Waals surface area contributed by atoms with Gasteiger partial charge >= 0.3 is 0 Å². The maximum Gasteiger partial charge on any atom is 0.0434 e. The van der Waals surface area contributed by atoms with Crippen molar-refractivity contribution in [1.29, 1.82) is 0 Å². The van der Waals surface area contributed by atoms with Crippen LogP contribution in [0.5, 0.6) is 0 Å². The SMILES string of the molecule is OCCCc1cccc(N2CC3(CCCCC3)C2)c1. The maximum absolute atomic E-state index is 8.92. The average molecular weight is 259 g/mol. The molecule has 0 bridgehead atoms. The molecule has 0 aromatic heterocycles. The summed E-state index contributed by atoms with van der Waals surface area (Å²) in [4.78, 5) is 2.54. The fraction of sp³-hybridized carbons (Fsp3) is 0.647. The van der Waals surface area contributed by atoms with Crippen LogP contribution < -0.4 is 4.90 Å². The Morgan fingerprint density at radius 3 is 2.63 bits per heavy atom. The van der Waals surface area contributed by atoms with Crippen LogP contribution in [-0.2, 0) is 6.42 Å². The van der Waals surface area contributed by atoms with Gasteiger partial charge in [-0.2, -0.15) is 0 Å². The molecule has 0 amide bonds. The van der Waals surface area contributed by atoms with Crippen molar-refractivity contribution in [2.45, 2.75) is 44.9 Å². The van der Waals surface area contributed by atoms with Crippen molar-refractivity contribution in [1.82, 2.24) is 0 Å². The Balaban J connectivity index is 1.61. The van der Waals surface area contributed by atoms with Crippen molar-refractivity contribution in [2.24, 2.45) is 5.41 Å². The highest BCUT2D eigenvalue weighted by atomic mass is 16.2. The minimum absolute atomic E-state index is 0.289. The Kier molecular flexibility index (Phi) is 3.79. The number of anilines is 1. The van der Waals surface area contributed by atoms with E-state index in [-0.39, 0.29) is 6.61 Å². The number of aryl methyl sites for hydroxylation is 1. The lowest BCUT2D eigenvalue weighted by Crippen LogP contribution is -2.57. The first kappa shape index (κ1) is 13.0. The van der Waals surface area contributed by atoms with Gasteiger partial charge in [-0.25, -0.2) is 0 Å². The van der Waals surface area contributed by atoms with E-state index in [4.69, 9.17) is 5.11 Å². The van der Waals surface area contributed by atoms with Gasteiger partial charge < -0.3 is 10.0 Å². The predicted molar refractivity (Wildman–Crippen MR) is 79.6 cm³/mol. The van der Waals surface area contributed by atoms with Crippen molar-refractivity contribution in [2.75, 3.05) is 24.6 Å². The molecule has 1 heterocycles. The highest BCUT2D eigenvalue weighted by Crippen LogP contribution is 2.45. The summed E-state index contributed by atoms with van der Waals surface area (Å²) in [5, 5.41) is 8.92. The molecule has 104 valence electrons. The van der Waals surface area contributed by atoms with Crippen LogP contribution in [0.15, 0.2) is 24.3 Å². The molecule has 0 atom stereocenters. The van der Waals surface area contributed by atoms with Gasteiger partial charge in [0.2, 0.25) is 0 Å². The normalized spacial score (nSPS) is 21.4. The first-order valence-electron chi connectivity index (χ1n) is 7.76. The number of aliphatic hydroxyl groups is 1. The van der Waals surface area contributed by atoms with Crippen LogP contribution in [0.4, 0.5) is 5.69 Å². The van der Waals surface area contributed by atoms with Crippen molar-refractivity contribution >= 4 is 5.69 Å². The Labute approximate surface area is 116 Å². The van der Waals surface area contributed by atoms with Gasteiger partial charge in [0.25, 0.3) is 0 Å². The molecule has 1 aliphatic heterocycles. The molecule has 2 heteroatoms. The zero-order chi connectivity index (χ0) is 13.1. The van der Waals surface area contributed by atoms with E-state index in [1.165, 1.54) is 56.4 Å². The van der Waals surface area contributed by atoms with Crippen LogP contribution in [0.1, 0.15) is 44.1 Å². The lowest BCUT2D eigenvalue weighted by molar-refractivity contribution is 0.139. The third kappa shape index (κ3) is 2.79. The van der Waals surface area contributed by atoms with E-state index >= 15 is 0 Å². The summed E-state index contributed by atoms with van der Waals surface area (Å²) in [6.07, 6.45) is 9.05. The second-order valence-electron chi connectivity index (χ2n) is 6.41. The lowest BCUT2D eigenvalue weighted by atomic mass is 9.68. The molecule has 1 spiro atoms. The topological polar surface area (TPSA) is 23.5 Å². The fourth-order valence-corrected chi connectivity index (χ4v) is 3.76. The largest absolute Gasteiger partial charge is 0.396 e. The molecule has 1 saturated heterocycles. The van der Waals surface area contributed by atoms with E-state index in [9.17, 15) is 0 Å². The number of hydrogen-bond acceptors (Lipinski definition) is 2. The van der Waals surface area contributed by atoms with Crippen LogP contribution in [0.2, 0.25) is 0 Å². The Morgan fingerprint density at radius 1 is 1.11 bits per heavy atom. The molecule has 3 rings (SSSR count). The zero-order valence-electron chi connectivity index (χ0n) is 11.8. The van der Waals surface area contributed by atoms with Gasteiger partial charge in [-0.1, -0.05) is 31.4 Å². The third-order valence-corrected chi connectivity index (χ3v) is 4.87. The van der Waals surface area contributed by atoms with Gasteiger partial charge in [0, 0.05) is 30.8 Å². The smallest absolute Gasteiger partial charge is 0.0434 e. The minimum Gasteiger partial charge on any atom is -0.396 e. The highest BCUT2D eigenvalue weighted by Gasteiger charge is 2.43. The van der Waals surface area contributed by atoms with E-state index in [0.29, 0.717) is 5.41 Å². The van der Waals surface area contributed by atoms with Gasteiger partial charge in [0.15, 0.2) is 0 Å². The van der Waals surface area contributed by atoms with E-state index in [0.717, 1.165) is 12.8 Å². The number of nitrogens with zero attached hydrogens (tertiary/aromatic N) is 1. The van der Waals surface area contributed by atoms with Crippen LogP contribution in [0.25, 0.3) is 0 Å². The van der Waals surface area contributed by atoms with E-state index < -0.39 is 0 Å². The molecule has 0 unspecified atom stereocenters. The third-order valence-electron chi connectivity index (χ3n) is 4.87. The highest BCUT2D eigenvalue weighted by molar-refractivity contribution is 5.51. The van der Waals surface area contributed by atoms with Crippen LogP contribution in [0.3, 0.4) is 0 Å².